The normalized spacial score (nSPS) is 25.4. The molecule has 4 heterocycles. The van der Waals surface area contributed by atoms with Gasteiger partial charge in [-0.05, 0) is 37.3 Å². The first-order valence-corrected chi connectivity index (χ1v) is 10.0. The van der Waals surface area contributed by atoms with Gasteiger partial charge in [0.15, 0.2) is 0 Å². The van der Waals surface area contributed by atoms with Gasteiger partial charge in [-0.25, -0.2) is 9.78 Å². The lowest BCUT2D eigenvalue weighted by atomic mass is 9.97. The van der Waals surface area contributed by atoms with Crippen molar-refractivity contribution in [3.05, 3.63) is 29.0 Å². The number of morpholine rings is 1. The first-order valence-electron chi connectivity index (χ1n) is 9.67. The Hall–Kier alpha value is -2.30. The molecule has 0 spiro atoms. The number of piperidine rings is 2. The zero-order valence-corrected chi connectivity index (χ0v) is 16.3. The van der Waals surface area contributed by atoms with Gasteiger partial charge in [-0.2, -0.15) is 0 Å². The molecular weight excluding hydrogens is 380 g/mol. The lowest BCUT2D eigenvalue weighted by molar-refractivity contribution is -0.139. The minimum atomic E-state index is -0.108. The summed E-state index contributed by atoms with van der Waals surface area (Å²) in [5.41, 5.74) is 0.599. The molecule has 3 saturated heterocycles. The number of halogens is 1. The summed E-state index contributed by atoms with van der Waals surface area (Å²) in [6.45, 7) is 2.65. The largest absolute Gasteiger partial charge is 0.366 e. The maximum Gasteiger partial charge on any atom is 0.320 e. The highest BCUT2D eigenvalue weighted by atomic mass is 35.5. The van der Waals surface area contributed by atoms with Gasteiger partial charge in [0.25, 0.3) is 0 Å². The van der Waals surface area contributed by atoms with Crippen LogP contribution in [0.15, 0.2) is 18.3 Å². The number of nitrogens with one attached hydrogen (secondary N) is 1. The Kier molecular flexibility index (Phi) is 5.69. The standard InChI is InChI=1S/C20H23ClN4O3/c21-15-2-1-8-22-16(15)4-3-14-5-9-24(10-6-14)20(27)25-11-7-18-17(12-25)23-19(26)13-28-18/h1-2,8,14,17-18H,5-7,9-13H2,(H,23,26)/t17-,18+/m1/s1. The fraction of sp³-hybridized carbons (Fsp3) is 0.550. The summed E-state index contributed by atoms with van der Waals surface area (Å²) >= 11 is 6.09. The molecule has 0 radical (unpaired) electrons. The first kappa shape index (κ1) is 19.0. The number of rotatable bonds is 0. The number of likely N-dealkylation sites (tertiary alicyclic amines) is 2. The van der Waals surface area contributed by atoms with Crippen molar-refractivity contribution in [2.75, 3.05) is 32.8 Å². The molecule has 0 unspecified atom stereocenters. The third-order valence-corrected chi connectivity index (χ3v) is 5.82. The molecule has 2 atom stereocenters. The molecule has 148 valence electrons. The second-order valence-electron chi connectivity index (χ2n) is 7.41. The number of urea groups is 1. The van der Waals surface area contributed by atoms with Crippen molar-refractivity contribution >= 4 is 23.5 Å². The van der Waals surface area contributed by atoms with Crippen LogP contribution < -0.4 is 5.32 Å². The molecule has 7 nitrogen and oxygen atoms in total. The van der Waals surface area contributed by atoms with E-state index in [0.717, 1.165) is 19.3 Å². The summed E-state index contributed by atoms with van der Waals surface area (Å²) in [6, 6.07) is 3.50. The highest BCUT2D eigenvalue weighted by molar-refractivity contribution is 6.31. The summed E-state index contributed by atoms with van der Waals surface area (Å²) in [4.78, 5) is 32.3. The van der Waals surface area contributed by atoms with Crippen molar-refractivity contribution in [1.82, 2.24) is 20.1 Å². The Morgan fingerprint density at radius 2 is 2.04 bits per heavy atom. The van der Waals surface area contributed by atoms with Crippen molar-refractivity contribution < 1.29 is 14.3 Å². The lowest BCUT2D eigenvalue weighted by Crippen LogP contribution is -2.62. The molecule has 1 aromatic heterocycles. The summed E-state index contributed by atoms with van der Waals surface area (Å²) in [6.07, 6.45) is 4.12. The van der Waals surface area contributed by atoms with E-state index in [-0.39, 0.29) is 36.6 Å². The minimum Gasteiger partial charge on any atom is -0.366 e. The molecular formula is C20H23ClN4O3. The number of carbonyl (C=O) groups is 2. The molecule has 28 heavy (non-hydrogen) atoms. The number of carbonyl (C=O) groups excluding carboxylic acids is 2. The van der Waals surface area contributed by atoms with Gasteiger partial charge in [0.2, 0.25) is 5.91 Å². The molecule has 1 aromatic rings. The predicted molar refractivity (Wildman–Crippen MR) is 104 cm³/mol. The van der Waals surface area contributed by atoms with E-state index in [0.29, 0.717) is 36.9 Å². The Bertz CT molecular complexity index is 813. The van der Waals surface area contributed by atoms with Crippen LogP contribution in [0.2, 0.25) is 5.02 Å². The number of fused-ring (bicyclic) bond motifs is 1. The van der Waals surface area contributed by atoms with Crippen molar-refractivity contribution in [2.24, 2.45) is 5.92 Å². The van der Waals surface area contributed by atoms with Gasteiger partial charge in [-0.1, -0.05) is 17.5 Å². The van der Waals surface area contributed by atoms with Crippen molar-refractivity contribution in [3.63, 3.8) is 0 Å². The maximum absolute atomic E-state index is 12.9. The summed E-state index contributed by atoms with van der Waals surface area (Å²) < 4.78 is 5.56. The molecule has 3 amide bonds. The molecule has 0 saturated carbocycles. The third-order valence-electron chi connectivity index (χ3n) is 5.51. The number of amides is 3. The van der Waals surface area contributed by atoms with Crippen LogP contribution in [-0.2, 0) is 9.53 Å². The van der Waals surface area contributed by atoms with Crippen LogP contribution in [0.25, 0.3) is 0 Å². The maximum atomic E-state index is 12.9. The van der Waals surface area contributed by atoms with Gasteiger partial charge in [0.1, 0.15) is 12.3 Å². The van der Waals surface area contributed by atoms with E-state index in [1.54, 1.807) is 18.3 Å². The number of nitrogens with zero attached hydrogens (tertiary/aromatic N) is 3. The number of hydrogen-bond acceptors (Lipinski definition) is 4. The highest BCUT2D eigenvalue weighted by Gasteiger charge is 2.37. The van der Waals surface area contributed by atoms with Crippen LogP contribution >= 0.6 is 11.6 Å². The van der Waals surface area contributed by atoms with Gasteiger partial charge >= 0.3 is 6.03 Å². The van der Waals surface area contributed by atoms with Crippen LogP contribution in [-0.4, -0.2) is 71.7 Å². The number of aromatic nitrogens is 1. The second-order valence-corrected chi connectivity index (χ2v) is 7.81. The molecule has 1 N–H and O–H groups in total. The molecule has 8 heteroatoms. The molecule has 0 bridgehead atoms. The second kappa shape index (κ2) is 8.38. The highest BCUT2D eigenvalue weighted by Crippen LogP contribution is 2.22. The Morgan fingerprint density at radius 1 is 1.25 bits per heavy atom. The van der Waals surface area contributed by atoms with Crippen molar-refractivity contribution in [1.29, 1.82) is 0 Å². The smallest absolute Gasteiger partial charge is 0.320 e. The van der Waals surface area contributed by atoms with E-state index in [2.05, 4.69) is 22.1 Å². The average molecular weight is 403 g/mol. The van der Waals surface area contributed by atoms with Gasteiger partial charge in [-0.15, -0.1) is 0 Å². The van der Waals surface area contributed by atoms with Crippen LogP contribution in [0.5, 0.6) is 0 Å². The molecule has 3 aliphatic heterocycles. The molecule has 0 aliphatic carbocycles. The number of hydrogen-bond donors (Lipinski definition) is 1. The van der Waals surface area contributed by atoms with Gasteiger partial charge in [-0.3, -0.25) is 4.79 Å². The number of pyridine rings is 1. The van der Waals surface area contributed by atoms with Crippen LogP contribution in [0.3, 0.4) is 0 Å². The summed E-state index contributed by atoms with van der Waals surface area (Å²) in [7, 11) is 0. The average Bonchev–Trinajstić information content (AvgIpc) is 2.72. The molecule has 0 aromatic carbocycles. The zero-order valence-electron chi connectivity index (χ0n) is 15.6. The lowest BCUT2D eigenvalue weighted by Gasteiger charge is -2.43. The van der Waals surface area contributed by atoms with E-state index >= 15 is 0 Å². The Labute approximate surface area is 169 Å². The van der Waals surface area contributed by atoms with Crippen molar-refractivity contribution in [3.8, 4) is 11.8 Å². The minimum absolute atomic E-state index is 0.0150. The van der Waals surface area contributed by atoms with E-state index in [1.807, 2.05) is 9.80 Å². The molecule has 4 rings (SSSR count). The van der Waals surface area contributed by atoms with Gasteiger partial charge in [0, 0.05) is 38.3 Å². The quantitative estimate of drug-likeness (QED) is 0.667. The van der Waals surface area contributed by atoms with Crippen LogP contribution in [0.1, 0.15) is 25.0 Å². The summed E-state index contributed by atoms with van der Waals surface area (Å²) in [5.74, 6) is 6.44. The van der Waals surface area contributed by atoms with E-state index < -0.39 is 0 Å². The van der Waals surface area contributed by atoms with Crippen LogP contribution in [0, 0.1) is 17.8 Å². The first-order chi connectivity index (χ1) is 13.6. The fourth-order valence-corrected chi connectivity index (χ4v) is 4.11. The Balaban J connectivity index is 1.30. The Morgan fingerprint density at radius 3 is 2.82 bits per heavy atom. The fourth-order valence-electron chi connectivity index (χ4n) is 3.94. The van der Waals surface area contributed by atoms with Crippen LogP contribution in [0.4, 0.5) is 4.79 Å². The van der Waals surface area contributed by atoms with E-state index in [9.17, 15) is 9.59 Å². The molecule has 3 fully saturated rings. The van der Waals surface area contributed by atoms with Gasteiger partial charge < -0.3 is 19.9 Å². The SMILES string of the molecule is O=C1CO[C@H]2CCN(C(=O)N3CCC(C#Cc4ncccc4Cl)CC3)C[C@H]2N1. The number of ether oxygens (including phenoxy) is 1. The topological polar surface area (TPSA) is 74.8 Å². The van der Waals surface area contributed by atoms with E-state index in [4.69, 9.17) is 16.3 Å². The predicted octanol–water partition coefficient (Wildman–Crippen LogP) is 1.51. The van der Waals surface area contributed by atoms with Gasteiger partial charge in [0.05, 0.1) is 17.2 Å². The monoisotopic (exact) mass is 402 g/mol. The molecule has 3 aliphatic rings. The third kappa shape index (κ3) is 4.23. The van der Waals surface area contributed by atoms with E-state index in [1.165, 1.54) is 0 Å². The zero-order chi connectivity index (χ0) is 19.5. The summed E-state index contributed by atoms with van der Waals surface area (Å²) in [5, 5.41) is 3.50. The van der Waals surface area contributed by atoms with Crippen molar-refractivity contribution in [2.45, 2.75) is 31.4 Å².